The Morgan fingerprint density at radius 2 is 2.15 bits per heavy atom. The number of carbonyl (C=O) groups excluding carboxylic acids is 1. The molecule has 0 unspecified atom stereocenters. The van der Waals surface area contributed by atoms with Crippen molar-refractivity contribution in [3.8, 4) is 17.2 Å². The van der Waals surface area contributed by atoms with E-state index in [1.54, 1.807) is 25.1 Å². The van der Waals surface area contributed by atoms with Crippen LogP contribution in [0.1, 0.15) is 11.1 Å². The van der Waals surface area contributed by atoms with Gasteiger partial charge in [0.1, 0.15) is 5.75 Å². The summed E-state index contributed by atoms with van der Waals surface area (Å²) in [7, 11) is 1.26. The van der Waals surface area contributed by atoms with Crippen molar-refractivity contribution in [1.29, 1.82) is 0 Å². The number of nitro groups is 1. The number of ether oxygens (including phenoxy) is 2. The fraction of sp³-hybridized carbons (Fsp3) is 0.176. The van der Waals surface area contributed by atoms with Gasteiger partial charge >= 0.3 is 0 Å². The predicted octanol–water partition coefficient (Wildman–Crippen LogP) is 2.80. The summed E-state index contributed by atoms with van der Waals surface area (Å²) in [6.45, 7) is 1.50. The number of aryl methyl sites for hydroxylation is 1. The number of phenolic OH excluding ortho intramolecular Hbond substituents is 1. The number of aromatic hydroxyl groups is 1. The first kappa shape index (κ1) is 20.0. The van der Waals surface area contributed by atoms with Crippen LogP contribution in [0.3, 0.4) is 0 Å². The Hall–Kier alpha value is -3.33. The minimum absolute atomic E-state index is 0.00981. The van der Waals surface area contributed by atoms with Crippen LogP contribution in [0.5, 0.6) is 17.2 Å². The highest BCUT2D eigenvalue weighted by Gasteiger charge is 2.15. The van der Waals surface area contributed by atoms with Crippen molar-refractivity contribution in [3.63, 3.8) is 0 Å². The molecule has 142 valence electrons. The summed E-state index contributed by atoms with van der Waals surface area (Å²) in [4.78, 5) is 22.0. The predicted molar refractivity (Wildman–Crippen MR) is 98.7 cm³/mol. The Kier molecular flexibility index (Phi) is 6.56. The van der Waals surface area contributed by atoms with Gasteiger partial charge in [0.25, 0.3) is 11.6 Å². The smallest absolute Gasteiger partial charge is 0.277 e. The lowest BCUT2D eigenvalue weighted by Crippen LogP contribution is -2.24. The molecule has 2 aromatic rings. The third-order valence-electron chi connectivity index (χ3n) is 3.41. The largest absolute Gasteiger partial charge is 0.504 e. The lowest BCUT2D eigenvalue weighted by Gasteiger charge is -2.07. The normalized spacial score (nSPS) is 10.6. The number of amides is 1. The van der Waals surface area contributed by atoms with Gasteiger partial charge in [-0.1, -0.05) is 11.6 Å². The summed E-state index contributed by atoms with van der Waals surface area (Å²) in [6, 6.07) is 7.14. The summed E-state index contributed by atoms with van der Waals surface area (Å²) in [5, 5.41) is 25.1. The van der Waals surface area contributed by atoms with Gasteiger partial charge in [-0.25, -0.2) is 5.43 Å². The first-order chi connectivity index (χ1) is 12.8. The van der Waals surface area contributed by atoms with E-state index in [9.17, 15) is 20.0 Å². The number of rotatable bonds is 7. The number of hydrazone groups is 1. The van der Waals surface area contributed by atoms with Gasteiger partial charge in [0.2, 0.25) is 0 Å². The molecule has 0 radical (unpaired) electrons. The van der Waals surface area contributed by atoms with Crippen LogP contribution < -0.4 is 14.9 Å². The van der Waals surface area contributed by atoms with E-state index in [1.165, 1.54) is 7.11 Å². The Bertz CT molecular complexity index is 900. The van der Waals surface area contributed by atoms with Crippen LogP contribution in [0.25, 0.3) is 0 Å². The molecule has 10 heteroatoms. The molecule has 0 aliphatic heterocycles. The number of nitro benzene ring substituents is 1. The van der Waals surface area contributed by atoms with Crippen molar-refractivity contribution in [2.24, 2.45) is 5.10 Å². The van der Waals surface area contributed by atoms with E-state index in [2.05, 4.69) is 10.5 Å². The van der Waals surface area contributed by atoms with Gasteiger partial charge in [0.05, 0.1) is 24.3 Å². The maximum Gasteiger partial charge on any atom is 0.277 e. The van der Waals surface area contributed by atoms with Crippen molar-refractivity contribution in [2.45, 2.75) is 6.92 Å². The molecule has 9 nitrogen and oxygen atoms in total. The third kappa shape index (κ3) is 5.32. The summed E-state index contributed by atoms with van der Waals surface area (Å²) in [5.41, 5.74) is 2.72. The highest BCUT2D eigenvalue weighted by molar-refractivity contribution is 6.31. The number of methoxy groups -OCH3 is 1. The molecule has 2 N–H and O–H groups in total. The number of hydrogen-bond donors (Lipinski definition) is 2. The molecule has 0 atom stereocenters. The number of nitrogens with one attached hydrogen (secondary N) is 1. The minimum atomic E-state index is -0.639. The van der Waals surface area contributed by atoms with Gasteiger partial charge in [-0.2, -0.15) is 5.10 Å². The molecule has 0 spiro atoms. The highest BCUT2D eigenvalue weighted by atomic mass is 35.5. The molecule has 0 bridgehead atoms. The monoisotopic (exact) mass is 393 g/mol. The van der Waals surface area contributed by atoms with Crippen LogP contribution in [-0.4, -0.2) is 35.9 Å². The average Bonchev–Trinajstić information content (AvgIpc) is 2.63. The molecule has 0 saturated carbocycles. The van der Waals surface area contributed by atoms with Crippen LogP contribution in [0.2, 0.25) is 5.02 Å². The van der Waals surface area contributed by atoms with Gasteiger partial charge in [-0.3, -0.25) is 14.9 Å². The number of hydrogen-bond acceptors (Lipinski definition) is 7. The summed E-state index contributed by atoms with van der Waals surface area (Å²) < 4.78 is 10.2. The lowest BCUT2D eigenvalue weighted by molar-refractivity contribution is -0.385. The van der Waals surface area contributed by atoms with Crippen molar-refractivity contribution in [3.05, 3.63) is 56.6 Å². The molecule has 0 aliphatic rings. The first-order valence-corrected chi connectivity index (χ1v) is 7.96. The van der Waals surface area contributed by atoms with Crippen molar-refractivity contribution in [2.75, 3.05) is 13.7 Å². The molecule has 27 heavy (non-hydrogen) atoms. The standard InChI is InChI=1S/C17H16ClN3O6/c1-10-5-13(3-4-14(10)18)27-9-16(22)20-19-8-11-6-12(21(24)25)7-15(26-2)17(11)23/h3-8,23H,9H2,1-2H3,(H,20,22)/b19-8-. The van der Waals surface area contributed by atoms with Crippen molar-refractivity contribution >= 4 is 29.4 Å². The number of carbonyl (C=O) groups is 1. The van der Waals surface area contributed by atoms with Crippen LogP contribution in [-0.2, 0) is 4.79 Å². The van der Waals surface area contributed by atoms with E-state index < -0.39 is 10.8 Å². The molecular weight excluding hydrogens is 378 g/mol. The molecule has 0 saturated heterocycles. The molecule has 1 amide bonds. The second kappa shape index (κ2) is 8.86. The van der Waals surface area contributed by atoms with Crippen LogP contribution in [0.4, 0.5) is 5.69 Å². The second-order valence-corrected chi connectivity index (χ2v) is 5.74. The van der Waals surface area contributed by atoms with Crippen LogP contribution >= 0.6 is 11.6 Å². The van der Waals surface area contributed by atoms with Gasteiger partial charge < -0.3 is 14.6 Å². The van der Waals surface area contributed by atoms with Gasteiger partial charge in [-0.05, 0) is 30.7 Å². The Morgan fingerprint density at radius 3 is 2.78 bits per heavy atom. The topological polar surface area (TPSA) is 123 Å². The SMILES string of the molecule is COc1cc([N+](=O)[O-])cc(/C=N\NC(=O)COc2ccc(Cl)c(C)c2)c1O. The quantitative estimate of drug-likeness (QED) is 0.423. The van der Waals surface area contributed by atoms with Crippen molar-refractivity contribution < 1.29 is 24.3 Å². The summed E-state index contributed by atoms with van der Waals surface area (Å²) in [6.07, 6.45) is 1.06. The maximum atomic E-state index is 11.8. The zero-order valence-electron chi connectivity index (χ0n) is 14.4. The van der Waals surface area contributed by atoms with E-state index in [1.807, 2.05) is 0 Å². The van der Waals surface area contributed by atoms with Crippen molar-refractivity contribution in [1.82, 2.24) is 5.43 Å². The molecule has 2 rings (SSSR count). The van der Waals surface area contributed by atoms with E-state index in [4.69, 9.17) is 21.1 Å². The number of phenols is 1. The molecule has 0 heterocycles. The number of non-ortho nitro benzene ring substituents is 1. The molecule has 0 aliphatic carbocycles. The average molecular weight is 394 g/mol. The van der Waals surface area contributed by atoms with E-state index >= 15 is 0 Å². The first-order valence-electron chi connectivity index (χ1n) is 7.58. The molecule has 0 aromatic heterocycles. The Balaban J connectivity index is 2.00. The lowest BCUT2D eigenvalue weighted by atomic mass is 10.2. The minimum Gasteiger partial charge on any atom is -0.504 e. The summed E-state index contributed by atoms with van der Waals surface area (Å²) in [5.74, 6) is -0.514. The molecular formula is C17H16ClN3O6. The number of nitrogens with zero attached hydrogens (tertiary/aromatic N) is 2. The fourth-order valence-electron chi connectivity index (χ4n) is 2.04. The Morgan fingerprint density at radius 1 is 1.41 bits per heavy atom. The van der Waals surface area contributed by atoms with Gasteiger partial charge in [0, 0.05) is 16.7 Å². The Labute approximate surface area is 159 Å². The van der Waals surface area contributed by atoms with Crippen LogP contribution in [0.15, 0.2) is 35.4 Å². The molecule has 0 fully saturated rings. The van der Waals surface area contributed by atoms with Gasteiger partial charge in [-0.15, -0.1) is 0 Å². The highest BCUT2D eigenvalue weighted by Crippen LogP contribution is 2.33. The van der Waals surface area contributed by atoms with E-state index in [-0.39, 0.29) is 29.4 Å². The number of halogens is 1. The van der Waals surface area contributed by atoms with E-state index in [0.29, 0.717) is 10.8 Å². The fourth-order valence-corrected chi connectivity index (χ4v) is 2.15. The second-order valence-electron chi connectivity index (χ2n) is 5.34. The van der Waals surface area contributed by atoms with Crippen LogP contribution in [0, 0.1) is 17.0 Å². The maximum absolute atomic E-state index is 11.8. The van der Waals surface area contributed by atoms with Gasteiger partial charge in [0.15, 0.2) is 18.1 Å². The van der Waals surface area contributed by atoms with E-state index in [0.717, 1.165) is 23.9 Å². The number of benzene rings is 2. The molecule has 2 aromatic carbocycles. The summed E-state index contributed by atoms with van der Waals surface area (Å²) >= 11 is 5.91. The zero-order chi connectivity index (χ0) is 20.0. The third-order valence-corrected chi connectivity index (χ3v) is 3.84. The zero-order valence-corrected chi connectivity index (χ0v) is 15.2.